The Hall–Kier alpha value is -2.18. The Balaban J connectivity index is 2.26. The molecule has 3 atom stereocenters. The molecule has 22 heavy (non-hydrogen) atoms. The van der Waals surface area contributed by atoms with Gasteiger partial charge in [0.2, 0.25) is 0 Å². The lowest BCUT2D eigenvalue weighted by Gasteiger charge is -2.36. The number of ether oxygens (including phenoxy) is 2. The number of benzene rings is 1. The molecule has 1 heterocycles. The Morgan fingerprint density at radius 2 is 1.82 bits per heavy atom. The van der Waals surface area contributed by atoms with Gasteiger partial charge in [0.1, 0.15) is 17.6 Å². The predicted octanol–water partition coefficient (Wildman–Crippen LogP) is 1.24. The molecule has 0 aromatic heterocycles. The van der Waals surface area contributed by atoms with E-state index in [4.69, 9.17) is 9.47 Å². The van der Waals surface area contributed by atoms with Crippen molar-refractivity contribution in [2.24, 2.45) is 0 Å². The van der Waals surface area contributed by atoms with Gasteiger partial charge in [0.25, 0.3) is 0 Å². The number of carbonyl (C=O) groups is 2. The number of phenolic OH excluding ortho intramolecular Hbond substituents is 1. The second-order valence-electron chi connectivity index (χ2n) is 5.48. The minimum atomic E-state index is -1.18. The van der Waals surface area contributed by atoms with E-state index in [1.165, 1.54) is 19.2 Å². The van der Waals surface area contributed by atoms with Crippen LogP contribution < -0.4 is 4.74 Å². The number of fused-ring (bicyclic) bond motifs is 1. The Labute approximate surface area is 127 Å². The van der Waals surface area contributed by atoms with Gasteiger partial charge >= 0.3 is 0 Å². The summed E-state index contributed by atoms with van der Waals surface area (Å²) in [6, 6.07) is 2.68. The van der Waals surface area contributed by atoms with Crippen LogP contribution in [0, 0.1) is 0 Å². The first-order chi connectivity index (χ1) is 10.4. The quantitative estimate of drug-likeness (QED) is 0.811. The van der Waals surface area contributed by atoms with Gasteiger partial charge in [0, 0.05) is 22.8 Å². The van der Waals surface area contributed by atoms with Crippen LogP contribution in [0.4, 0.5) is 0 Å². The predicted molar refractivity (Wildman–Crippen MR) is 76.4 cm³/mol. The molecule has 1 aromatic rings. The maximum absolute atomic E-state index is 12.7. The fourth-order valence-corrected chi connectivity index (χ4v) is 3.06. The molecule has 6 heteroatoms. The number of hydrogen-bond donors (Lipinski definition) is 2. The molecule has 0 spiro atoms. The molecule has 2 N–H and O–H groups in total. The molecular formula is C16H16O6. The highest BCUT2D eigenvalue weighted by Crippen LogP contribution is 2.40. The van der Waals surface area contributed by atoms with Crippen LogP contribution >= 0.6 is 0 Å². The monoisotopic (exact) mass is 304 g/mol. The first-order valence-corrected chi connectivity index (χ1v) is 6.94. The number of Topliss-reactive ketones (excluding diaryl/α,β-unsaturated/α-hetero) is 2. The van der Waals surface area contributed by atoms with Crippen molar-refractivity contribution in [1.82, 2.24) is 0 Å². The van der Waals surface area contributed by atoms with Crippen LogP contribution in [-0.2, 0) is 4.74 Å². The molecule has 0 fully saturated rings. The zero-order chi connectivity index (χ0) is 16.2. The lowest BCUT2D eigenvalue weighted by Crippen LogP contribution is -2.45. The van der Waals surface area contributed by atoms with Gasteiger partial charge in [-0.3, -0.25) is 9.59 Å². The number of aromatic hydroxyl groups is 1. The van der Waals surface area contributed by atoms with Crippen LogP contribution in [0.5, 0.6) is 11.5 Å². The summed E-state index contributed by atoms with van der Waals surface area (Å²) in [7, 11) is 1.40. The molecule has 0 unspecified atom stereocenters. The second kappa shape index (κ2) is 4.93. The fourth-order valence-electron chi connectivity index (χ4n) is 3.06. The minimum Gasteiger partial charge on any atom is -0.507 e. The van der Waals surface area contributed by atoms with Crippen LogP contribution in [0.1, 0.15) is 34.6 Å². The highest BCUT2D eigenvalue weighted by atomic mass is 16.5. The summed E-state index contributed by atoms with van der Waals surface area (Å²) in [4.78, 5) is 25.4. The van der Waals surface area contributed by atoms with E-state index < -0.39 is 29.9 Å². The Kier molecular flexibility index (Phi) is 3.30. The summed E-state index contributed by atoms with van der Waals surface area (Å²) in [5.41, 5.74) is 0.141. The van der Waals surface area contributed by atoms with Gasteiger partial charge in [-0.25, -0.2) is 0 Å². The largest absolute Gasteiger partial charge is 0.507 e. The van der Waals surface area contributed by atoms with Crippen molar-refractivity contribution < 1.29 is 29.3 Å². The lowest BCUT2D eigenvalue weighted by molar-refractivity contribution is -0.0493. The van der Waals surface area contributed by atoms with Crippen molar-refractivity contribution in [2.45, 2.75) is 32.2 Å². The van der Waals surface area contributed by atoms with Gasteiger partial charge in [0.15, 0.2) is 11.6 Å². The number of rotatable bonds is 1. The highest BCUT2D eigenvalue weighted by Gasteiger charge is 2.44. The summed E-state index contributed by atoms with van der Waals surface area (Å²) in [5.74, 6) is -1.03. The summed E-state index contributed by atoms with van der Waals surface area (Å²) in [6.07, 6.45) is -2.39. The molecule has 6 nitrogen and oxygen atoms in total. The molecule has 1 aliphatic heterocycles. The summed E-state index contributed by atoms with van der Waals surface area (Å²) < 4.78 is 10.5. The molecule has 0 saturated carbocycles. The molecule has 1 aliphatic carbocycles. The van der Waals surface area contributed by atoms with Gasteiger partial charge in [0.05, 0.1) is 24.9 Å². The number of phenols is 1. The fraction of sp³-hybridized carbons (Fsp3) is 0.375. The molecule has 3 rings (SSSR count). The SMILES string of the molecule is COc1cc(O)c2c(c1)C(=O)C1=C(C2=O)[C@H](C)O[C@H](C)[C@H]1O. The number of aliphatic hydroxyl groups is 1. The van der Waals surface area contributed by atoms with Gasteiger partial charge in [-0.15, -0.1) is 0 Å². The van der Waals surface area contributed by atoms with Crippen LogP contribution in [0.2, 0.25) is 0 Å². The normalized spacial score (nSPS) is 27.5. The number of aliphatic hydroxyl groups excluding tert-OH is 1. The van der Waals surface area contributed by atoms with E-state index in [0.717, 1.165) is 0 Å². The van der Waals surface area contributed by atoms with E-state index in [-0.39, 0.29) is 33.8 Å². The van der Waals surface area contributed by atoms with E-state index in [9.17, 15) is 19.8 Å². The van der Waals surface area contributed by atoms with E-state index in [1.807, 2.05) is 0 Å². The average molecular weight is 304 g/mol. The number of hydrogen-bond acceptors (Lipinski definition) is 6. The molecule has 0 saturated heterocycles. The Morgan fingerprint density at radius 1 is 1.14 bits per heavy atom. The van der Waals surface area contributed by atoms with Gasteiger partial charge in [-0.1, -0.05) is 0 Å². The number of methoxy groups -OCH3 is 1. The van der Waals surface area contributed by atoms with Crippen molar-refractivity contribution in [3.63, 3.8) is 0 Å². The smallest absolute Gasteiger partial charge is 0.196 e. The highest BCUT2D eigenvalue weighted by molar-refractivity contribution is 6.28. The molecule has 0 amide bonds. The maximum Gasteiger partial charge on any atom is 0.196 e. The third kappa shape index (κ3) is 1.88. The van der Waals surface area contributed by atoms with Crippen molar-refractivity contribution in [1.29, 1.82) is 0 Å². The number of carbonyl (C=O) groups excluding carboxylic acids is 2. The summed E-state index contributed by atoms with van der Waals surface area (Å²) in [6.45, 7) is 3.29. The Morgan fingerprint density at radius 3 is 2.45 bits per heavy atom. The van der Waals surface area contributed by atoms with Crippen molar-refractivity contribution >= 4 is 11.6 Å². The van der Waals surface area contributed by atoms with Gasteiger partial charge < -0.3 is 19.7 Å². The zero-order valence-electron chi connectivity index (χ0n) is 12.4. The second-order valence-corrected chi connectivity index (χ2v) is 5.48. The molecule has 1 aromatic carbocycles. The van der Waals surface area contributed by atoms with Crippen LogP contribution in [0.15, 0.2) is 23.3 Å². The van der Waals surface area contributed by atoms with Crippen LogP contribution in [0.25, 0.3) is 0 Å². The topological polar surface area (TPSA) is 93.1 Å². The average Bonchev–Trinajstić information content (AvgIpc) is 2.47. The van der Waals surface area contributed by atoms with Crippen LogP contribution in [-0.4, -0.2) is 47.2 Å². The zero-order valence-corrected chi connectivity index (χ0v) is 12.4. The minimum absolute atomic E-state index is 0.0425. The molecular weight excluding hydrogens is 288 g/mol. The first kappa shape index (κ1) is 14.7. The summed E-state index contributed by atoms with van der Waals surface area (Å²) in [5, 5.41) is 20.3. The van der Waals surface area contributed by atoms with Crippen LogP contribution in [0.3, 0.4) is 0 Å². The molecule has 0 bridgehead atoms. The third-order valence-corrected chi connectivity index (χ3v) is 4.14. The van der Waals surface area contributed by atoms with E-state index >= 15 is 0 Å². The van der Waals surface area contributed by atoms with Gasteiger partial charge in [-0.05, 0) is 19.9 Å². The standard InChI is InChI=1S/C16H16O6/c1-6-11-13(14(18)7(2)22-6)15(19)9-4-8(21-3)5-10(17)12(9)16(11)20/h4-7,14,17-18H,1-3H3/t6-,7+,14+/m0/s1. The van der Waals surface area contributed by atoms with E-state index in [2.05, 4.69) is 0 Å². The van der Waals surface area contributed by atoms with Crippen molar-refractivity contribution in [3.05, 3.63) is 34.4 Å². The van der Waals surface area contributed by atoms with Crippen molar-refractivity contribution in [2.75, 3.05) is 7.11 Å². The van der Waals surface area contributed by atoms with Gasteiger partial charge in [-0.2, -0.15) is 0 Å². The lowest BCUT2D eigenvalue weighted by atomic mass is 9.77. The van der Waals surface area contributed by atoms with Crippen molar-refractivity contribution in [3.8, 4) is 11.5 Å². The molecule has 116 valence electrons. The number of ketones is 2. The Bertz CT molecular complexity index is 718. The molecule has 2 aliphatic rings. The molecule has 0 radical (unpaired) electrons. The maximum atomic E-state index is 12.7. The third-order valence-electron chi connectivity index (χ3n) is 4.14. The van der Waals surface area contributed by atoms with E-state index in [0.29, 0.717) is 0 Å². The summed E-state index contributed by atoms with van der Waals surface area (Å²) >= 11 is 0. The van der Waals surface area contributed by atoms with E-state index in [1.54, 1.807) is 13.8 Å². The first-order valence-electron chi connectivity index (χ1n) is 6.94.